The molecule has 0 amide bonds. The summed E-state index contributed by atoms with van der Waals surface area (Å²) < 4.78 is 13.2. The predicted molar refractivity (Wildman–Crippen MR) is 75.9 cm³/mol. The van der Waals surface area contributed by atoms with Crippen molar-refractivity contribution in [1.82, 2.24) is 10.2 Å². The molecule has 2 nitrogen and oxygen atoms in total. The Morgan fingerprint density at radius 2 is 2.16 bits per heavy atom. The quantitative estimate of drug-likeness (QED) is 0.897. The molecule has 2 heterocycles. The Bertz CT molecular complexity index is 465. The van der Waals surface area contributed by atoms with Gasteiger partial charge in [-0.25, -0.2) is 4.39 Å². The maximum absolute atomic E-state index is 13.2. The molecule has 2 aliphatic rings. The lowest BCUT2D eigenvalue weighted by molar-refractivity contribution is 0.111. The van der Waals surface area contributed by atoms with Crippen LogP contribution in [0.5, 0.6) is 0 Å². The third-order valence-electron chi connectivity index (χ3n) is 4.71. The molecule has 0 bridgehead atoms. The van der Waals surface area contributed by atoms with E-state index in [0.717, 1.165) is 37.0 Å². The number of likely N-dealkylation sites (tertiary alicyclic amines) is 1. The first-order chi connectivity index (χ1) is 9.15. The lowest BCUT2D eigenvalue weighted by Crippen LogP contribution is -2.41. The van der Waals surface area contributed by atoms with Crippen LogP contribution in [0, 0.1) is 17.7 Å². The molecule has 19 heavy (non-hydrogen) atoms. The fourth-order valence-electron chi connectivity index (χ4n) is 3.40. The highest BCUT2D eigenvalue weighted by atomic mass is 35.5. The average Bonchev–Trinajstić information content (AvgIpc) is 2.88. The second-order valence-corrected chi connectivity index (χ2v) is 6.22. The van der Waals surface area contributed by atoms with Gasteiger partial charge in [-0.15, -0.1) is 0 Å². The molecule has 1 aromatic rings. The first-order valence-corrected chi connectivity index (χ1v) is 7.42. The monoisotopic (exact) mass is 282 g/mol. The van der Waals surface area contributed by atoms with Crippen molar-refractivity contribution in [2.45, 2.75) is 19.4 Å². The van der Waals surface area contributed by atoms with Gasteiger partial charge in [0.05, 0.1) is 5.02 Å². The zero-order chi connectivity index (χ0) is 13.4. The zero-order valence-corrected chi connectivity index (χ0v) is 12.0. The molecule has 1 aromatic carbocycles. The molecule has 104 valence electrons. The van der Waals surface area contributed by atoms with E-state index in [-0.39, 0.29) is 10.8 Å². The van der Waals surface area contributed by atoms with Crippen molar-refractivity contribution in [3.63, 3.8) is 0 Å². The van der Waals surface area contributed by atoms with Crippen molar-refractivity contribution < 1.29 is 4.39 Å². The van der Waals surface area contributed by atoms with Crippen LogP contribution >= 0.6 is 11.6 Å². The van der Waals surface area contributed by atoms with Gasteiger partial charge in [0.25, 0.3) is 0 Å². The first kappa shape index (κ1) is 13.3. The van der Waals surface area contributed by atoms with E-state index in [1.165, 1.54) is 19.0 Å². The minimum Gasteiger partial charge on any atom is -0.316 e. The summed E-state index contributed by atoms with van der Waals surface area (Å²) in [6, 6.07) is 5.39. The van der Waals surface area contributed by atoms with Crippen molar-refractivity contribution in [3.05, 3.63) is 34.6 Å². The van der Waals surface area contributed by atoms with Crippen LogP contribution in [0.2, 0.25) is 5.02 Å². The topological polar surface area (TPSA) is 15.3 Å². The Labute approximate surface area is 118 Å². The summed E-state index contributed by atoms with van der Waals surface area (Å²) in [5.41, 5.74) is 1.11. The number of hydrogen-bond donors (Lipinski definition) is 1. The molecule has 0 spiro atoms. The highest BCUT2D eigenvalue weighted by Gasteiger charge is 2.34. The van der Waals surface area contributed by atoms with E-state index in [9.17, 15) is 4.39 Å². The Morgan fingerprint density at radius 3 is 2.95 bits per heavy atom. The molecular weight excluding hydrogens is 263 g/mol. The normalized spacial score (nSPS) is 29.2. The predicted octanol–water partition coefficient (Wildman–Crippen LogP) is 3.08. The first-order valence-electron chi connectivity index (χ1n) is 7.05. The molecule has 3 rings (SSSR count). The number of piperidine rings is 1. The number of benzene rings is 1. The van der Waals surface area contributed by atoms with E-state index in [4.69, 9.17) is 11.6 Å². The fraction of sp³-hybridized carbons (Fsp3) is 0.600. The van der Waals surface area contributed by atoms with Gasteiger partial charge in [0.2, 0.25) is 0 Å². The van der Waals surface area contributed by atoms with Crippen LogP contribution in [0.25, 0.3) is 0 Å². The lowest BCUT2D eigenvalue weighted by Gasteiger charge is -2.38. The Hall–Kier alpha value is -0.640. The number of fused-ring (bicyclic) bond motifs is 1. The number of hydrogen-bond acceptors (Lipinski definition) is 2. The summed E-state index contributed by atoms with van der Waals surface area (Å²) in [5.74, 6) is 1.28. The number of nitrogens with one attached hydrogen (secondary N) is 1. The molecule has 3 atom stereocenters. The highest BCUT2D eigenvalue weighted by molar-refractivity contribution is 6.30. The number of halogens is 2. The van der Waals surface area contributed by atoms with Crippen LogP contribution < -0.4 is 5.32 Å². The van der Waals surface area contributed by atoms with E-state index in [0.29, 0.717) is 6.04 Å². The maximum Gasteiger partial charge on any atom is 0.141 e. The summed E-state index contributed by atoms with van der Waals surface area (Å²) in [7, 11) is 0. The van der Waals surface area contributed by atoms with Crippen molar-refractivity contribution >= 4 is 11.6 Å². The van der Waals surface area contributed by atoms with Crippen LogP contribution in [0.3, 0.4) is 0 Å². The average molecular weight is 283 g/mol. The van der Waals surface area contributed by atoms with E-state index in [1.807, 2.05) is 6.07 Å². The molecule has 1 N–H and O–H groups in total. The minimum absolute atomic E-state index is 0.224. The number of rotatable bonds is 2. The highest BCUT2D eigenvalue weighted by Crippen LogP contribution is 2.32. The van der Waals surface area contributed by atoms with Crippen molar-refractivity contribution in [3.8, 4) is 0 Å². The Balaban J connectivity index is 1.72. The molecule has 2 fully saturated rings. The smallest absolute Gasteiger partial charge is 0.141 e. The maximum atomic E-state index is 13.2. The van der Waals surface area contributed by atoms with Crippen LogP contribution in [0.4, 0.5) is 4.39 Å². The third-order valence-corrected chi connectivity index (χ3v) is 5.00. The summed E-state index contributed by atoms with van der Waals surface area (Å²) in [6.45, 7) is 6.76. The van der Waals surface area contributed by atoms with Gasteiger partial charge in [0.15, 0.2) is 0 Å². The second-order valence-electron chi connectivity index (χ2n) is 5.81. The van der Waals surface area contributed by atoms with Gasteiger partial charge >= 0.3 is 0 Å². The van der Waals surface area contributed by atoms with Gasteiger partial charge in [-0.3, -0.25) is 4.90 Å². The minimum atomic E-state index is -0.337. The van der Waals surface area contributed by atoms with Gasteiger partial charge in [-0.2, -0.15) is 0 Å². The van der Waals surface area contributed by atoms with E-state index in [1.54, 1.807) is 6.07 Å². The van der Waals surface area contributed by atoms with E-state index in [2.05, 4.69) is 17.1 Å². The third kappa shape index (κ3) is 2.64. The summed E-state index contributed by atoms with van der Waals surface area (Å²) in [4.78, 5) is 2.50. The van der Waals surface area contributed by atoms with Crippen LogP contribution in [0.1, 0.15) is 24.9 Å². The van der Waals surface area contributed by atoms with Gasteiger partial charge in [0, 0.05) is 12.6 Å². The summed E-state index contributed by atoms with van der Waals surface area (Å²) in [5, 5.41) is 3.71. The van der Waals surface area contributed by atoms with Gasteiger partial charge in [-0.1, -0.05) is 17.7 Å². The fourth-order valence-corrected chi connectivity index (χ4v) is 3.59. The largest absolute Gasteiger partial charge is 0.316 e. The van der Waals surface area contributed by atoms with Gasteiger partial charge in [0.1, 0.15) is 5.82 Å². The lowest BCUT2D eigenvalue weighted by atomic mass is 9.87. The Kier molecular flexibility index (Phi) is 3.79. The van der Waals surface area contributed by atoms with Crippen molar-refractivity contribution in [1.29, 1.82) is 0 Å². The molecule has 0 saturated carbocycles. The van der Waals surface area contributed by atoms with Crippen LogP contribution in [-0.4, -0.2) is 31.1 Å². The second kappa shape index (κ2) is 5.39. The Morgan fingerprint density at radius 1 is 1.37 bits per heavy atom. The summed E-state index contributed by atoms with van der Waals surface area (Å²) >= 11 is 5.88. The molecule has 4 heteroatoms. The van der Waals surface area contributed by atoms with Gasteiger partial charge in [-0.05, 0) is 62.5 Å². The summed E-state index contributed by atoms with van der Waals surface area (Å²) in [6.07, 6.45) is 1.26. The molecular formula is C15H20ClFN2. The van der Waals surface area contributed by atoms with Crippen molar-refractivity contribution in [2.75, 3.05) is 26.2 Å². The number of nitrogens with zero attached hydrogens (tertiary/aromatic N) is 1. The molecule has 0 aliphatic carbocycles. The van der Waals surface area contributed by atoms with Gasteiger partial charge < -0.3 is 5.32 Å². The van der Waals surface area contributed by atoms with Crippen LogP contribution in [0.15, 0.2) is 18.2 Å². The SMILES string of the molecule is CC(c1ccc(F)c(Cl)c1)N1CCC2CNCC2C1. The molecule has 3 unspecified atom stereocenters. The molecule has 0 aromatic heterocycles. The molecule has 0 radical (unpaired) electrons. The van der Waals surface area contributed by atoms with E-state index >= 15 is 0 Å². The molecule has 2 aliphatic heterocycles. The van der Waals surface area contributed by atoms with Crippen LogP contribution in [-0.2, 0) is 0 Å². The zero-order valence-electron chi connectivity index (χ0n) is 11.2. The van der Waals surface area contributed by atoms with Crippen molar-refractivity contribution in [2.24, 2.45) is 11.8 Å². The standard InChI is InChI=1S/C15H20ClFN2/c1-10(11-2-3-15(17)14(16)6-11)19-5-4-12-7-18-8-13(12)9-19/h2-3,6,10,12-13,18H,4-5,7-9H2,1H3. The molecule has 2 saturated heterocycles. The van der Waals surface area contributed by atoms with E-state index < -0.39 is 0 Å².